The van der Waals surface area contributed by atoms with E-state index in [1.54, 1.807) is 0 Å². The Bertz CT molecular complexity index is 461. The normalized spacial score (nSPS) is 11.8. The van der Waals surface area contributed by atoms with Crippen molar-refractivity contribution in [3.8, 4) is 0 Å². The quantitative estimate of drug-likeness (QED) is 0.707. The molecular weight excluding hydrogens is 206 g/mol. The zero-order chi connectivity index (χ0) is 12.1. The molecule has 0 aliphatic rings. The maximum Gasteiger partial charge on any atom is 0.0720 e. The number of benzene rings is 2. The highest BCUT2D eigenvalue weighted by Crippen LogP contribution is 2.25. The third kappa shape index (κ3) is 2.56. The van der Waals surface area contributed by atoms with Gasteiger partial charge < -0.3 is 4.90 Å². The molecule has 0 radical (unpaired) electrons. The van der Waals surface area contributed by atoms with Crippen LogP contribution in [0.1, 0.15) is 11.6 Å². The Morgan fingerprint density at radius 3 is 2.00 bits per heavy atom. The maximum absolute atomic E-state index is 3.94. The largest absolute Gasteiger partial charge is 0.364 e. The van der Waals surface area contributed by atoms with Gasteiger partial charge in [-0.05, 0) is 17.7 Å². The van der Waals surface area contributed by atoms with Gasteiger partial charge in [-0.2, -0.15) is 0 Å². The average Bonchev–Trinajstić information content (AvgIpc) is 2.42. The van der Waals surface area contributed by atoms with E-state index in [-0.39, 0.29) is 6.04 Å². The van der Waals surface area contributed by atoms with E-state index in [9.17, 15) is 0 Å². The lowest BCUT2D eigenvalue weighted by Gasteiger charge is -2.28. The zero-order valence-electron chi connectivity index (χ0n) is 10.1. The molecule has 2 rings (SSSR count). The van der Waals surface area contributed by atoms with Crippen LogP contribution in [0.5, 0.6) is 0 Å². The smallest absolute Gasteiger partial charge is 0.0720 e. The van der Waals surface area contributed by atoms with Crippen LogP contribution in [0.15, 0.2) is 73.3 Å². The molecule has 0 heterocycles. The summed E-state index contributed by atoms with van der Waals surface area (Å²) < 4.78 is 0. The molecule has 0 amide bonds. The van der Waals surface area contributed by atoms with E-state index in [1.165, 1.54) is 11.3 Å². The molecule has 17 heavy (non-hydrogen) atoms. The number of rotatable bonds is 4. The lowest BCUT2D eigenvalue weighted by atomic mass is 10.1. The van der Waals surface area contributed by atoms with Crippen LogP contribution in [0, 0.1) is 0 Å². The third-order valence-corrected chi connectivity index (χ3v) is 2.95. The lowest BCUT2D eigenvalue weighted by Crippen LogP contribution is -2.22. The van der Waals surface area contributed by atoms with Gasteiger partial charge in [0.2, 0.25) is 0 Å². The molecule has 0 saturated carbocycles. The first-order valence-corrected chi connectivity index (χ1v) is 5.78. The van der Waals surface area contributed by atoms with Crippen molar-refractivity contribution in [1.82, 2.24) is 0 Å². The van der Waals surface area contributed by atoms with Crippen LogP contribution in [-0.2, 0) is 0 Å². The van der Waals surface area contributed by atoms with Crippen molar-refractivity contribution in [1.29, 1.82) is 0 Å². The zero-order valence-corrected chi connectivity index (χ0v) is 10.1. The first-order valence-electron chi connectivity index (χ1n) is 5.78. The predicted molar refractivity (Wildman–Crippen MR) is 74.2 cm³/mol. The standard InChI is InChI=1S/C16H17N/c1-3-16(14-10-6-4-7-11-14)17(2)15-12-8-5-9-13-15/h3-13,16H,1H2,2H3/t16-/m1/s1. The summed E-state index contributed by atoms with van der Waals surface area (Å²) in [6.07, 6.45) is 1.97. The maximum atomic E-state index is 3.94. The second-order valence-corrected chi connectivity index (χ2v) is 4.04. The lowest BCUT2D eigenvalue weighted by molar-refractivity contribution is 0.812. The van der Waals surface area contributed by atoms with Gasteiger partial charge >= 0.3 is 0 Å². The summed E-state index contributed by atoms with van der Waals surface area (Å²) in [6, 6.07) is 21.0. The fourth-order valence-corrected chi connectivity index (χ4v) is 1.99. The van der Waals surface area contributed by atoms with Crippen molar-refractivity contribution >= 4 is 5.69 Å². The predicted octanol–water partition coefficient (Wildman–Crippen LogP) is 4.05. The number of para-hydroxylation sites is 1. The summed E-state index contributed by atoms with van der Waals surface area (Å²) in [6.45, 7) is 3.94. The van der Waals surface area contributed by atoms with E-state index in [1.807, 2.05) is 18.2 Å². The van der Waals surface area contributed by atoms with Gasteiger partial charge in [0.1, 0.15) is 0 Å². The van der Waals surface area contributed by atoms with E-state index in [0.717, 1.165) is 0 Å². The van der Waals surface area contributed by atoms with E-state index < -0.39 is 0 Å². The molecule has 1 heteroatoms. The summed E-state index contributed by atoms with van der Waals surface area (Å²) in [5, 5.41) is 0. The Balaban J connectivity index is 2.28. The molecule has 1 atom stereocenters. The van der Waals surface area contributed by atoms with Crippen molar-refractivity contribution in [2.75, 3.05) is 11.9 Å². The van der Waals surface area contributed by atoms with Crippen molar-refractivity contribution in [3.63, 3.8) is 0 Å². The first-order chi connectivity index (χ1) is 8.33. The second-order valence-electron chi connectivity index (χ2n) is 4.04. The number of hydrogen-bond acceptors (Lipinski definition) is 1. The summed E-state index contributed by atoms with van der Waals surface area (Å²) in [7, 11) is 2.09. The monoisotopic (exact) mass is 223 g/mol. The molecule has 0 unspecified atom stereocenters. The van der Waals surface area contributed by atoms with E-state index in [4.69, 9.17) is 0 Å². The molecule has 0 saturated heterocycles. The van der Waals surface area contributed by atoms with Crippen LogP contribution in [0.3, 0.4) is 0 Å². The second kappa shape index (κ2) is 5.35. The topological polar surface area (TPSA) is 3.24 Å². The number of hydrogen-bond donors (Lipinski definition) is 0. The van der Waals surface area contributed by atoms with Crippen LogP contribution in [0.4, 0.5) is 5.69 Å². The van der Waals surface area contributed by atoms with Crippen molar-refractivity contribution in [2.24, 2.45) is 0 Å². The third-order valence-electron chi connectivity index (χ3n) is 2.95. The van der Waals surface area contributed by atoms with Gasteiger partial charge in [0, 0.05) is 12.7 Å². The van der Waals surface area contributed by atoms with E-state index in [0.29, 0.717) is 0 Å². The molecule has 0 aliphatic heterocycles. The molecule has 0 spiro atoms. The molecule has 0 fully saturated rings. The van der Waals surface area contributed by atoms with Gasteiger partial charge in [0.05, 0.1) is 6.04 Å². The Kier molecular flexibility index (Phi) is 3.61. The van der Waals surface area contributed by atoms with Crippen LogP contribution >= 0.6 is 0 Å². The Labute approximate surface area is 103 Å². The minimum atomic E-state index is 0.207. The van der Waals surface area contributed by atoms with Gasteiger partial charge in [-0.15, -0.1) is 6.58 Å². The minimum absolute atomic E-state index is 0.207. The molecule has 2 aromatic rings. The Hall–Kier alpha value is -2.02. The van der Waals surface area contributed by atoms with Crippen molar-refractivity contribution in [2.45, 2.75) is 6.04 Å². The highest BCUT2D eigenvalue weighted by atomic mass is 15.1. The molecule has 86 valence electrons. The Morgan fingerprint density at radius 2 is 1.47 bits per heavy atom. The van der Waals surface area contributed by atoms with Gasteiger partial charge in [0.25, 0.3) is 0 Å². The molecule has 0 aromatic heterocycles. The molecule has 1 nitrogen and oxygen atoms in total. The molecular formula is C16H17N. The summed E-state index contributed by atoms with van der Waals surface area (Å²) in [4.78, 5) is 2.22. The fraction of sp³-hybridized carbons (Fsp3) is 0.125. The SMILES string of the molecule is C=C[C@H](c1ccccc1)N(C)c1ccccc1. The van der Waals surface area contributed by atoms with Gasteiger partial charge in [-0.1, -0.05) is 54.6 Å². The van der Waals surface area contributed by atoms with Crippen molar-refractivity contribution < 1.29 is 0 Å². The fourth-order valence-electron chi connectivity index (χ4n) is 1.99. The molecule has 0 aliphatic carbocycles. The van der Waals surface area contributed by atoms with Crippen molar-refractivity contribution in [3.05, 3.63) is 78.9 Å². The van der Waals surface area contributed by atoms with E-state index >= 15 is 0 Å². The van der Waals surface area contributed by atoms with Crippen LogP contribution in [0.2, 0.25) is 0 Å². The number of anilines is 1. The van der Waals surface area contributed by atoms with Gasteiger partial charge in [-0.3, -0.25) is 0 Å². The average molecular weight is 223 g/mol. The highest BCUT2D eigenvalue weighted by molar-refractivity contribution is 5.49. The van der Waals surface area contributed by atoms with E-state index in [2.05, 4.69) is 67.1 Å². The van der Waals surface area contributed by atoms with Crippen LogP contribution in [-0.4, -0.2) is 7.05 Å². The first kappa shape index (κ1) is 11.5. The summed E-state index contributed by atoms with van der Waals surface area (Å²) in [5.74, 6) is 0. The molecule has 0 bridgehead atoms. The van der Waals surface area contributed by atoms with Gasteiger partial charge in [0.15, 0.2) is 0 Å². The van der Waals surface area contributed by atoms with Gasteiger partial charge in [-0.25, -0.2) is 0 Å². The van der Waals surface area contributed by atoms with Crippen LogP contribution < -0.4 is 4.90 Å². The van der Waals surface area contributed by atoms with Crippen LogP contribution in [0.25, 0.3) is 0 Å². The number of nitrogens with zero attached hydrogens (tertiary/aromatic N) is 1. The molecule has 0 N–H and O–H groups in total. The Morgan fingerprint density at radius 1 is 0.941 bits per heavy atom. The summed E-state index contributed by atoms with van der Waals surface area (Å²) >= 11 is 0. The number of likely N-dealkylation sites (N-methyl/N-ethyl adjacent to an activating group) is 1. The minimum Gasteiger partial charge on any atom is -0.364 e. The summed E-state index contributed by atoms with van der Waals surface area (Å²) in [5.41, 5.74) is 2.45. The molecule has 2 aromatic carbocycles. The highest BCUT2D eigenvalue weighted by Gasteiger charge is 2.12.